The average molecular weight is 345 g/mol. The van der Waals surface area contributed by atoms with E-state index in [-0.39, 0.29) is 12.3 Å². The van der Waals surface area contributed by atoms with Gasteiger partial charge in [0, 0.05) is 11.3 Å². The van der Waals surface area contributed by atoms with Crippen LogP contribution in [0.5, 0.6) is 0 Å². The SMILES string of the molecule is CSc1ccc(-c2ccc([C@@H](O)CCCCC(=O)NO)cc2)cc1. The van der Waals surface area contributed by atoms with E-state index in [9.17, 15) is 9.90 Å². The highest BCUT2D eigenvalue weighted by Gasteiger charge is 2.08. The lowest BCUT2D eigenvalue weighted by Gasteiger charge is -2.12. The number of nitrogens with one attached hydrogen (secondary N) is 1. The molecule has 0 radical (unpaired) electrons. The fourth-order valence-electron chi connectivity index (χ4n) is 2.53. The third-order valence-corrected chi connectivity index (χ3v) is 4.72. The van der Waals surface area contributed by atoms with Gasteiger partial charge in [-0.1, -0.05) is 42.8 Å². The molecule has 0 saturated carbocycles. The first-order valence-corrected chi connectivity index (χ1v) is 9.22. The third-order valence-electron chi connectivity index (χ3n) is 3.97. The predicted octanol–water partition coefficient (Wildman–Crippen LogP) is 4.17. The van der Waals surface area contributed by atoms with E-state index < -0.39 is 6.10 Å². The van der Waals surface area contributed by atoms with Crippen molar-refractivity contribution in [2.24, 2.45) is 0 Å². The highest BCUT2D eigenvalue weighted by molar-refractivity contribution is 7.98. The summed E-state index contributed by atoms with van der Waals surface area (Å²) in [6, 6.07) is 16.3. The number of hydrogen-bond acceptors (Lipinski definition) is 4. The van der Waals surface area contributed by atoms with Crippen LogP contribution >= 0.6 is 11.8 Å². The maximum Gasteiger partial charge on any atom is 0.243 e. The molecule has 0 aliphatic heterocycles. The van der Waals surface area contributed by atoms with Crippen molar-refractivity contribution < 1.29 is 15.1 Å². The van der Waals surface area contributed by atoms with Gasteiger partial charge in [0.2, 0.25) is 5.91 Å². The molecule has 0 fully saturated rings. The fraction of sp³-hybridized carbons (Fsp3) is 0.316. The summed E-state index contributed by atoms with van der Waals surface area (Å²) in [6.07, 6.45) is 3.77. The number of amides is 1. The molecule has 4 nitrogen and oxygen atoms in total. The second kappa shape index (κ2) is 9.47. The minimum Gasteiger partial charge on any atom is -0.388 e. The maximum absolute atomic E-state index is 10.9. The lowest BCUT2D eigenvalue weighted by atomic mass is 9.99. The van der Waals surface area contributed by atoms with Crippen molar-refractivity contribution in [1.29, 1.82) is 0 Å². The molecular formula is C19H23NO3S. The van der Waals surface area contributed by atoms with Gasteiger partial charge in [0.25, 0.3) is 0 Å². The highest BCUT2D eigenvalue weighted by atomic mass is 32.2. The number of hydrogen-bond donors (Lipinski definition) is 3. The quantitative estimate of drug-likeness (QED) is 0.291. The Balaban J connectivity index is 1.89. The molecule has 0 heterocycles. The number of benzene rings is 2. The molecule has 0 aliphatic carbocycles. The van der Waals surface area contributed by atoms with Gasteiger partial charge in [-0.15, -0.1) is 11.8 Å². The van der Waals surface area contributed by atoms with Crippen molar-refractivity contribution in [2.45, 2.75) is 36.7 Å². The van der Waals surface area contributed by atoms with Crippen molar-refractivity contribution in [3.8, 4) is 11.1 Å². The van der Waals surface area contributed by atoms with Gasteiger partial charge in [-0.3, -0.25) is 10.0 Å². The number of carbonyl (C=O) groups excluding carboxylic acids is 1. The molecule has 0 spiro atoms. The summed E-state index contributed by atoms with van der Waals surface area (Å²) in [4.78, 5) is 12.2. The number of thioether (sulfide) groups is 1. The van der Waals surface area contributed by atoms with Gasteiger partial charge in [0.1, 0.15) is 0 Å². The molecule has 0 aliphatic rings. The lowest BCUT2D eigenvalue weighted by Crippen LogP contribution is -2.17. The Bertz CT molecular complexity index is 641. The van der Waals surface area contributed by atoms with Crippen LogP contribution in [0.4, 0.5) is 0 Å². The summed E-state index contributed by atoms with van der Waals surface area (Å²) in [5.74, 6) is -0.388. The van der Waals surface area contributed by atoms with Crippen molar-refractivity contribution in [3.63, 3.8) is 0 Å². The van der Waals surface area contributed by atoms with E-state index in [0.717, 1.165) is 23.1 Å². The topological polar surface area (TPSA) is 69.6 Å². The first kappa shape index (κ1) is 18.5. The van der Waals surface area contributed by atoms with E-state index in [1.54, 1.807) is 17.2 Å². The van der Waals surface area contributed by atoms with Gasteiger partial charge >= 0.3 is 0 Å². The Hall–Kier alpha value is -1.82. The van der Waals surface area contributed by atoms with Crippen LogP contribution in [0.15, 0.2) is 53.4 Å². The Kier molecular flexibility index (Phi) is 7.31. The van der Waals surface area contributed by atoms with Gasteiger partial charge in [0.15, 0.2) is 0 Å². The van der Waals surface area contributed by atoms with E-state index in [1.807, 2.05) is 24.3 Å². The van der Waals surface area contributed by atoms with Gasteiger partial charge in [-0.05, 0) is 47.9 Å². The van der Waals surface area contributed by atoms with Crippen molar-refractivity contribution >= 4 is 17.7 Å². The monoisotopic (exact) mass is 345 g/mol. The minimum atomic E-state index is -0.532. The van der Waals surface area contributed by atoms with Crippen molar-refractivity contribution in [2.75, 3.05) is 6.26 Å². The Morgan fingerprint density at radius 1 is 1.04 bits per heavy atom. The van der Waals surface area contributed by atoms with Crippen LogP contribution in [-0.2, 0) is 4.79 Å². The molecular weight excluding hydrogens is 322 g/mol. The van der Waals surface area contributed by atoms with Crippen LogP contribution in [0, 0.1) is 0 Å². The standard InChI is InChI=1S/C19H23NO3S/c1-24-17-12-10-15(11-13-17)14-6-8-16(9-7-14)18(21)4-2-3-5-19(22)20-23/h6-13,18,21,23H,2-5H2,1H3,(H,20,22)/t18-/m0/s1. The summed E-state index contributed by atoms with van der Waals surface area (Å²) in [5.41, 5.74) is 4.77. The van der Waals surface area contributed by atoms with Crippen LogP contribution < -0.4 is 5.48 Å². The first-order valence-electron chi connectivity index (χ1n) is 7.99. The molecule has 0 aromatic heterocycles. The van der Waals surface area contributed by atoms with Crippen LogP contribution in [0.1, 0.15) is 37.4 Å². The predicted molar refractivity (Wildman–Crippen MR) is 97.0 cm³/mol. The average Bonchev–Trinajstić information content (AvgIpc) is 2.65. The van der Waals surface area contributed by atoms with Gasteiger partial charge < -0.3 is 5.11 Å². The van der Waals surface area contributed by atoms with Gasteiger partial charge in [0.05, 0.1) is 6.10 Å². The Morgan fingerprint density at radius 3 is 2.17 bits per heavy atom. The lowest BCUT2D eigenvalue weighted by molar-refractivity contribution is -0.129. The first-order chi connectivity index (χ1) is 11.6. The maximum atomic E-state index is 10.9. The summed E-state index contributed by atoms with van der Waals surface area (Å²) < 4.78 is 0. The van der Waals surface area contributed by atoms with E-state index in [0.29, 0.717) is 12.8 Å². The number of unbranched alkanes of at least 4 members (excludes halogenated alkanes) is 1. The van der Waals surface area contributed by atoms with Crippen LogP contribution in [0.3, 0.4) is 0 Å². The number of hydroxylamine groups is 1. The molecule has 5 heteroatoms. The van der Waals surface area contributed by atoms with E-state index >= 15 is 0 Å². The Labute approximate surface area is 146 Å². The van der Waals surface area contributed by atoms with E-state index in [4.69, 9.17) is 5.21 Å². The van der Waals surface area contributed by atoms with Gasteiger partial charge in [-0.25, -0.2) is 5.48 Å². The smallest absolute Gasteiger partial charge is 0.243 e. The van der Waals surface area contributed by atoms with E-state index in [2.05, 4.69) is 30.5 Å². The number of aliphatic hydroxyl groups is 1. The molecule has 0 bridgehead atoms. The van der Waals surface area contributed by atoms with E-state index in [1.165, 1.54) is 4.90 Å². The molecule has 128 valence electrons. The highest BCUT2D eigenvalue weighted by Crippen LogP contribution is 2.26. The molecule has 3 N–H and O–H groups in total. The Morgan fingerprint density at radius 2 is 1.62 bits per heavy atom. The molecule has 2 aromatic rings. The van der Waals surface area contributed by atoms with Gasteiger partial charge in [-0.2, -0.15) is 0 Å². The summed E-state index contributed by atoms with van der Waals surface area (Å²) in [6.45, 7) is 0. The second-order valence-corrected chi connectivity index (χ2v) is 6.53. The molecule has 0 unspecified atom stereocenters. The number of aliphatic hydroxyl groups excluding tert-OH is 1. The van der Waals surface area contributed by atoms with Crippen LogP contribution in [-0.4, -0.2) is 22.5 Å². The molecule has 1 amide bonds. The molecule has 24 heavy (non-hydrogen) atoms. The molecule has 1 atom stereocenters. The van der Waals surface area contributed by atoms with Crippen LogP contribution in [0.2, 0.25) is 0 Å². The summed E-state index contributed by atoms with van der Waals surface area (Å²) >= 11 is 1.72. The fourth-order valence-corrected chi connectivity index (χ4v) is 2.94. The molecule has 2 rings (SSSR count). The number of carbonyl (C=O) groups is 1. The third kappa shape index (κ3) is 5.37. The summed E-state index contributed by atoms with van der Waals surface area (Å²) in [7, 11) is 0. The van der Waals surface area contributed by atoms with Crippen LogP contribution in [0.25, 0.3) is 11.1 Å². The summed E-state index contributed by atoms with van der Waals surface area (Å²) in [5, 5.41) is 18.6. The minimum absolute atomic E-state index is 0.272. The van der Waals surface area contributed by atoms with Crippen molar-refractivity contribution in [3.05, 3.63) is 54.1 Å². The largest absolute Gasteiger partial charge is 0.388 e. The second-order valence-electron chi connectivity index (χ2n) is 5.65. The number of rotatable bonds is 8. The molecule has 0 saturated heterocycles. The molecule has 2 aromatic carbocycles. The normalized spacial score (nSPS) is 12.0. The zero-order valence-corrected chi connectivity index (χ0v) is 14.6. The van der Waals surface area contributed by atoms with Crippen molar-refractivity contribution in [1.82, 2.24) is 5.48 Å². The zero-order valence-electron chi connectivity index (χ0n) is 13.7. The zero-order chi connectivity index (χ0) is 17.4.